The van der Waals surface area contributed by atoms with E-state index in [0.717, 1.165) is 30.5 Å². The molecule has 5 nitrogen and oxygen atoms in total. The summed E-state index contributed by atoms with van der Waals surface area (Å²) in [5.41, 5.74) is 4.92. The zero-order valence-corrected chi connectivity index (χ0v) is 18.1. The van der Waals surface area contributed by atoms with E-state index in [-0.39, 0.29) is 0 Å². The summed E-state index contributed by atoms with van der Waals surface area (Å²) in [5.74, 6) is 0. The van der Waals surface area contributed by atoms with Gasteiger partial charge in [0.2, 0.25) is 0 Å². The van der Waals surface area contributed by atoms with Gasteiger partial charge >= 0.3 is 0 Å². The topological polar surface area (TPSA) is 60.9 Å². The summed E-state index contributed by atoms with van der Waals surface area (Å²) in [6, 6.07) is 22.6. The maximum Gasteiger partial charge on any atom is 0.264 e. The largest absolute Gasteiger partial charge is 0.387 e. The van der Waals surface area contributed by atoms with Crippen LogP contribution < -0.4 is 9.21 Å². The lowest BCUT2D eigenvalue weighted by Gasteiger charge is -2.33. The monoisotopic (exact) mass is 434 g/mol. The Bertz CT molecular complexity index is 1190. The quantitative estimate of drug-likeness (QED) is 0.661. The lowest BCUT2D eigenvalue weighted by molar-refractivity contribution is 0.183. The molecule has 0 saturated carbocycles. The molecule has 2 aliphatic rings. The lowest BCUT2D eigenvalue weighted by atomic mass is 10.00. The van der Waals surface area contributed by atoms with Crippen LogP contribution in [0.4, 0.5) is 11.4 Å². The molecule has 0 bridgehead atoms. The Kier molecular flexibility index (Phi) is 5.20. The minimum Gasteiger partial charge on any atom is -0.387 e. The number of aliphatic hydroxyl groups is 1. The van der Waals surface area contributed by atoms with Crippen molar-refractivity contribution in [3.8, 4) is 0 Å². The molecule has 31 heavy (non-hydrogen) atoms. The summed E-state index contributed by atoms with van der Waals surface area (Å²) < 4.78 is 27.9. The van der Waals surface area contributed by atoms with Crippen LogP contribution in [0.1, 0.15) is 29.2 Å². The predicted molar refractivity (Wildman–Crippen MR) is 123 cm³/mol. The molecule has 2 heterocycles. The van der Waals surface area contributed by atoms with Crippen LogP contribution in [0, 0.1) is 0 Å². The molecule has 6 heteroatoms. The van der Waals surface area contributed by atoms with Crippen LogP contribution in [0.2, 0.25) is 0 Å². The number of benzene rings is 3. The van der Waals surface area contributed by atoms with Gasteiger partial charge in [-0.25, -0.2) is 8.42 Å². The molecule has 0 amide bonds. The molecule has 0 saturated heterocycles. The number of fused-ring (bicyclic) bond motifs is 2. The molecule has 2 aliphatic heterocycles. The summed E-state index contributed by atoms with van der Waals surface area (Å²) in [6.45, 7) is 1.82. The Morgan fingerprint density at radius 2 is 1.58 bits per heavy atom. The third kappa shape index (κ3) is 3.70. The molecule has 0 fully saturated rings. The molecule has 3 aromatic carbocycles. The van der Waals surface area contributed by atoms with Gasteiger partial charge < -0.3 is 10.0 Å². The van der Waals surface area contributed by atoms with Crippen molar-refractivity contribution < 1.29 is 13.5 Å². The van der Waals surface area contributed by atoms with Crippen LogP contribution in [0.25, 0.3) is 0 Å². The summed E-state index contributed by atoms with van der Waals surface area (Å²) in [7, 11) is -3.62. The van der Waals surface area contributed by atoms with E-state index >= 15 is 0 Å². The summed E-state index contributed by atoms with van der Waals surface area (Å²) >= 11 is 0. The van der Waals surface area contributed by atoms with Gasteiger partial charge in [-0.3, -0.25) is 4.31 Å². The lowest BCUT2D eigenvalue weighted by Crippen LogP contribution is -2.33. The van der Waals surface area contributed by atoms with Crippen molar-refractivity contribution in [2.24, 2.45) is 0 Å². The fraction of sp³-hybridized carbons (Fsp3) is 0.280. The highest BCUT2D eigenvalue weighted by Crippen LogP contribution is 2.36. The maximum atomic E-state index is 13.2. The van der Waals surface area contributed by atoms with Gasteiger partial charge in [0, 0.05) is 25.3 Å². The maximum absolute atomic E-state index is 13.2. The van der Waals surface area contributed by atoms with E-state index in [1.807, 2.05) is 30.3 Å². The first-order chi connectivity index (χ1) is 15.0. The minimum absolute atomic E-state index is 0.290. The fourth-order valence-corrected chi connectivity index (χ4v) is 6.17. The zero-order chi connectivity index (χ0) is 21.4. The van der Waals surface area contributed by atoms with E-state index in [0.29, 0.717) is 30.1 Å². The van der Waals surface area contributed by atoms with E-state index in [9.17, 15) is 13.5 Å². The number of hydrogen-bond donors (Lipinski definition) is 1. The molecule has 5 rings (SSSR count). The van der Waals surface area contributed by atoms with Gasteiger partial charge in [-0.05, 0) is 60.2 Å². The number of aryl methyl sites for hydroxylation is 1. The molecule has 0 aromatic heterocycles. The smallest absolute Gasteiger partial charge is 0.264 e. The summed E-state index contributed by atoms with van der Waals surface area (Å²) in [5, 5.41) is 11.0. The Morgan fingerprint density at radius 3 is 2.42 bits per heavy atom. The Morgan fingerprint density at radius 1 is 0.839 bits per heavy atom. The molecule has 1 N–H and O–H groups in total. The van der Waals surface area contributed by atoms with Crippen molar-refractivity contribution in [3.05, 3.63) is 89.5 Å². The number of para-hydroxylation sites is 1. The molecule has 0 radical (unpaired) electrons. The number of β-amino-alcohol motifs (C(OH)–C–C–N with tert-alkyl or cyclic N) is 1. The first-order valence-corrected chi connectivity index (χ1v) is 12.2. The summed E-state index contributed by atoms with van der Waals surface area (Å²) in [6.07, 6.45) is 2.11. The van der Waals surface area contributed by atoms with Crippen LogP contribution in [0.15, 0.2) is 77.7 Å². The van der Waals surface area contributed by atoms with E-state index in [1.54, 1.807) is 24.3 Å². The third-order valence-corrected chi connectivity index (χ3v) is 8.11. The predicted octanol–water partition coefficient (Wildman–Crippen LogP) is 3.92. The van der Waals surface area contributed by atoms with Gasteiger partial charge in [-0.15, -0.1) is 0 Å². The van der Waals surface area contributed by atoms with Crippen molar-refractivity contribution in [2.75, 3.05) is 28.8 Å². The van der Waals surface area contributed by atoms with Crippen molar-refractivity contribution >= 4 is 21.4 Å². The van der Waals surface area contributed by atoms with Crippen LogP contribution in [0.5, 0.6) is 0 Å². The first-order valence-electron chi connectivity index (χ1n) is 10.8. The molecule has 0 aliphatic carbocycles. The molecule has 160 valence electrons. The van der Waals surface area contributed by atoms with Crippen LogP contribution in [0.3, 0.4) is 0 Å². The molecule has 1 unspecified atom stereocenters. The van der Waals surface area contributed by atoms with E-state index in [4.69, 9.17) is 0 Å². The number of rotatable bonds is 5. The molecule has 0 spiro atoms. The van der Waals surface area contributed by atoms with Gasteiger partial charge in [0.25, 0.3) is 10.0 Å². The Hall–Kier alpha value is -2.83. The average molecular weight is 435 g/mol. The summed E-state index contributed by atoms with van der Waals surface area (Å²) in [4.78, 5) is 2.52. The Labute approximate surface area is 183 Å². The molecule has 3 aromatic rings. The van der Waals surface area contributed by atoms with Crippen molar-refractivity contribution in [1.29, 1.82) is 0 Å². The van der Waals surface area contributed by atoms with E-state index in [2.05, 4.69) is 23.1 Å². The second kappa shape index (κ2) is 8.02. The van der Waals surface area contributed by atoms with Gasteiger partial charge in [-0.2, -0.15) is 0 Å². The van der Waals surface area contributed by atoms with E-state index in [1.165, 1.54) is 15.6 Å². The molecular weight excluding hydrogens is 408 g/mol. The second-order valence-corrected chi connectivity index (χ2v) is 10.1. The molecule has 1 atom stereocenters. The van der Waals surface area contributed by atoms with Gasteiger partial charge in [0.15, 0.2) is 0 Å². The van der Waals surface area contributed by atoms with Gasteiger partial charge in [0.1, 0.15) is 0 Å². The average Bonchev–Trinajstić information content (AvgIpc) is 3.24. The zero-order valence-electron chi connectivity index (χ0n) is 17.3. The highest BCUT2D eigenvalue weighted by molar-refractivity contribution is 7.92. The second-order valence-electron chi connectivity index (χ2n) is 8.22. The van der Waals surface area contributed by atoms with Crippen molar-refractivity contribution in [2.45, 2.75) is 30.3 Å². The number of aliphatic hydroxyl groups excluding tert-OH is 1. The fourth-order valence-electron chi connectivity index (χ4n) is 4.66. The van der Waals surface area contributed by atoms with Crippen LogP contribution >= 0.6 is 0 Å². The van der Waals surface area contributed by atoms with Crippen molar-refractivity contribution in [3.63, 3.8) is 0 Å². The number of anilines is 2. The third-order valence-electron chi connectivity index (χ3n) is 6.28. The van der Waals surface area contributed by atoms with Crippen LogP contribution in [-0.4, -0.2) is 33.2 Å². The highest BCUT2D eigenvalue weighted by atomic mass is 32.2. The van der Waals surface area contributed by atoms with Gasteiger partial charge in [-0.1, -0.05) is 48.5 Å². The highest BCUT2D eigenvalue weighted by Gasteiger charge is 2.31. The van der Waals surface area contributed by atoms with Crippen LogP contribution in [-0.2, 0) is 22.9 Å². The molecular formula is C25H26N2O3S. The Balaban J connectivity index is 1.41. The normalized spacial score (nSPS) is 16.7. The van der Waals surface area contributed by atoms with Gasteiger partial charge in [0.05, 0.1) is 16.7 Å². The number of hydrogen-bond acceptors (Lipinski definition) is 4. The SMILES string of the molecule is O=S(=O)(c1ccccc1)N1CCc2ccc(C(O)CN3CCCc4ccccc43)cc21. The standard InChI is InChI=1S/C25H26N2O3S/c28-25(18-26-15-6-8-19-7-4-5-11-23(19)26)21-13-12-20-14-16-27(24(20)17-21)31(29,30)22-9-2-1-3-10-22/h1-5,7,9-13,17,25,28H,6,8,14-16,18H2. The first kappa shape index (κ1) is 20.1. The minimum atomic E-state index is -3.62. The number of nitrogens with zero attached hydrogens (tertiary/aromatic N) is 2. The van der Waals surface area contributed by atoms with E-state index < -0.39 is 16.1 Å². The van der Waals surface area contributed by atoms with Crippen molar-refractivity contribution in [1.82, 2.24) is 0 Å². The number of sulfonamides is 1.